The Hall–Kier alpha value is -2.15. The molecule has 25 heavy (non-hydrogen) atoms. The van der Waals surface area contributed by atoms with Crippen LogP contribution in [-0.2, 0) is 9.59 Å². The van der Waals surface area contributed by atoms with Crippen LogP contribution in [0.25, 0.3) is 0 Å². The van der Waals surface area contributed by atoms with Crippen molar-refractivity contribution < 1.29 is 23.9 Å². The van der Waals surface area contributed by atoms with Crippen LogP contribution < -0.4 is 0 Å². The smallest absolute Gasteiger partial charge is 0.303 e. The molecule has 1 aliphatic rings. The van der Waals surface area contributed by atoms with Crippen molar-refractivity contribution in [3.63, 3.8) is 0 Å². The van der Waals surface area contributed by atoms with Gasteiger partial charge in [0.05, 0.1) is 10.6 Å². The summed E-state index contributed by atoms with van der Waals surface area (Å²) in [5.74, 6) is -1.67. The third-order valence-corrected chi connectivity index (χ3v) is 4.43. The fourth-order valence-corrected chi connectivity index (χ4v) is 2.95. The van der Waals surface area contributed by atoms with Crippen LogP contribution >= 0.6 is 11.6 Å². The minimum atomic E-state index is -0.862. The maximum atomic E-state index is 13.1. The number of carboxylic acid groups (broad SMARTS) is 1. The van der Waals surface area contributed by atoms with Crippen molar-refractivity contribution in [2.75, 3.05) is 26.2 Å². The number of rotatable bonds is 6. The van der Waals surface area contributed by atoms with E-state index in [0.717, 1.165) is 6.07 Å². The molecule has 1 heterocycles. The molecule has 1 saturated heterocycles. The molecule has 1 aromatic carbocycles. The van der Waals surface area contributed by atoms with E-state index in [1.54, 1.807) is 9.80 Å². The Morgan fingerprint density at radius 2 is 1.64 bits per heavy atom. The Morgan fingerprint density at radius 1 is 1.04 bits per heavy atom. The van der Waals surface area contributed by atoms with Gasteiger partial charge in [-0.15, -0.1) is 0 Å². The molecule has 0 aliphatic carbocycles. The van der Waals surface area contributed by atoms with Gasteiger partial charge in [0.1, 0.15) is 5.82 Å². The average molecular weight is 371 g/mol. The Labute approximate surface area is 150 Å². The zero-order valence-corrected chi connectivity index (χ0v) is 14.5. The molecule has 1 aliphatic heterocycles. The molecular weight excluding hydrogens is 351 g/mol. The van der Waals surface area contributed by atoms with Crippen LogP contribution in [0.2, 0.25) is 5.02 Å². The summed E-state index contributed by atoms with van der Waals surface area (Å²) in [5, 5.41) is 8.65. The van der Waals surface area contributed by atoms with E-state index in [-0.39, 0.29) is 28.8 Å². The van der Waals surface area contributed by atoms with E-state index in [4.69, 9.17) is 16.7 Å². The summed E-state index contributed by atoms with van der Waals surface area (Å²) in [5.41, 5.74) is 0.247. The van der Waals surface area contributed by atoms with Crippen molar-refractivity contribution >= 4 is 29.4 Å². The maximum Gasteiger partial charge on any atom is 0.303 e. The number of halogens is 2. The lowest BCUT2D eigenvalue weighted by Crippen LogP contribution is -2.50. The standard InChI is InChI=1S/C17H20ClFN2O4/c18-14-11-12(19)5-6-13(14)17(25)21-9-7-20(8-10-21)15(22)3-1-2-4-16(23)24/h5-6,11H,1-4,7-10H2,(H,23,24). The summed E-state index contributed by atoms with van der Waals surface area (Å²) in [4.78, 5) is 38.2. The Balaban J connectivity index is 1.81. The molecule has 6 nitrogen and oxygen atoms in total. The number of aliphatic carboxylic acids is 1. The van der Waals surface area contributed by atoms with E-state index in [2.05, 4.69) is 0 Å². The minimum Gasteiger partial charge on any atom is -0.481 e. The topological polar surface area (TPSA) is 77.9 Å². The number of hydrogen-bond acceptors (Lipinski definition) is 3. The molecule has 0 bridgehead atoms. The van der Waals surface area contributed by atoms with Gasteiger partial charge in [0, 0.05) is 39.0 Å². The third-order valence-electron chi connectivity index (χ3n) is 4.11. The molecule has 2 rings (SSSR count). The number of hydrogen-bond donors (Lipinski definition) is 1. The van der Waals surface area contributed by atoms with Crippen LogP contribution in [0.15, 0.2) is 18.2 Å². The molecule has 0 atom stereocenters. The second-order valence-corrected chi connectivity index (χ2v) is 6.31. The Morgan fingerprint density at radius 3 is 2.24 bits per heavy atom. The fraction of sp³-hybridized carbons (Fsp3) is 0.471. The van der Waals surface area contributed by atoms with Gasteiger partial charge < -0.3 is 14.9 Å². The average Bonchev–Trinajstić information content (AvgIpc) is 2.58. The molecule has 136 valence electrons. The lowest BCUT2D eigenvalue weighted by Gasteiger charge is -2.35. The molecule has 8 heteroatoms. The van der Waals surface area contributed by atoms with E-state index in [0.29, 0.717) is 45.4 Å². The van der Waals surface area contributed by atoms with Crippen LogP contribution in [0, 0.1) is 5.82 Å². The minimum absolute atomic E-state index is 0.0303. The predicted molar refractivity (Wildman–Crippen MR) is 90.0 cm³/mol. The molecule has 0 radical (unpaired) electrons. The summed E-state index contributed by atoms with van der Waals surface area (Å²) in [6, 6.07) is 3.65. The van der Waals surface area contributed by atoms with Crippen LogP contribution in [0.3, 0.4) is 0 Å². The van der Waals surface area contributed by atoms with E-state index in [1.165, 1.54) is 12.1 Å². The number of benzene rings is 1. The molecule has 0 spiro atoms. The molecule has 2 amide bonds. The van der Waals surface area contributed by atoms with Gasteiger partial charge >= 0.3 is 5.97 Å². The number of amides is 2. The van der Waals surface area contributed by atoms with Crippen molar-refractivity contribution in [1.82, 2.24) is 9.80 Å². The number of nitrogens with zero attached hydrogens (tertiary/aromatic N) is 2. The van der Waals surface area contributed by atoms with Crippen LogP contribution in [0.4, 0.5) is 4.39 Å². The highest BCUT2D eigenvalue weighted by Crippen LogP contribution is 2.20. The summed E-state index contributed by atoms with van der Waals surface area (Å²) in [6.45, 7) is 1.60. The SMILES string of the molecule is O=C(O)CCCCC(=O)N1CCN(C(=O)c2ccc(F)cc2Cl)CC1. The largest absolute Gasteiger partial charge is 0.481 e. The van der Waals surface area contributed by atoms with Gasteiger partial charge in [-0.25, -0.2) is 4.39 Å². The predicted octanol–water partition coefficient (Wildman–Crippen LogP) is 2.41. The van der Waals surface area contributed by atoms with E-state index >= 15 is 0 Å². The second-order valence-electron chi connectivity index (χ2n) is 5.90. The summed E-state index contributed by atoms with van der Waals surface area (Å²) < 4.78 is 13.1. The lowest BCUT2D eigenvalue weighted by atomic mass is 10.1. The first-order chi connectivity index (χ1) is 11.9. The van der Waals surface area contributed by atoms with Gasteiger partial charge in [0.25, 0.3) is 5.91 Å². The van der Waals surface area contributed by atoms with Crippen LogP contribution in [0.1, 0.15) is 36.0 Å². The van der Waals surface area contributed by atoms with Gasteiger partial charge in [-0.2, -0.15) is 0 Å². The van der Waals surface area contributed by atoms with Crippen molar-refractivity contribution in [2.24, 2.45) is 0 Å². The zero-order chi connectivity index (χ0) is 18.4. The lowest BCUT2D eigenvalue weighted by molar-refractivity contribution is -0.137. The molecule has 0 saturated carbocycles. The monoisotopic (exact) mass is 370 g/mol. The molecule has 1 N–H and O–H groups in total. The number of carbonyl (C=O) groups is 3. The van der Waals surface area contributed by atoms with E-state index < -0.39 is 11.8 Å². The van der Waals surface area contributed by atoms with Crippen LogP contribution in [0.5, 0.6) is 0 Å². The van der Waals surface area contributed by atoms with Gasteiger partial charge in [0.2, 0.25) is 5.91 Å². The Kier molecular flexibility index (Phi) is 6.75. The number of piperazine rings is 1. The van der Waals surface area contributed by atoms with E-state index in [1.807, 2.05) is 0 Å². The summed E-state index contributed by atoms with van der Waals surface area (Å²) in [7, 11) is 0. The summed E-state index contributed by atoms with van der Waals surface area (Å²) >= 11 is 5.92. The number of carbonyl (C=O) groups excluding carboxylic acids is 2. The van der Waals surface area contributed by atoms with Gasteiger partial charge in [0.15, 0.2) is 0 Å². The summed E-state index contributed by atoms with van der Waals surface area (Å²) in [6.07, 6.45) is 1.39. The van der Waals surface area contributed by atoms with Crippen LogP contribution in [-0.4, -0.2) is 58.9 Å². The number of unbranched alkanes of at least 4 members (excludes halogenated alkanes) is 1. The highest BCUT2D eigenvalue weighted by atomic mass is 35.5. The zero-order valence-electron chi connectivity index (χ0n) is 13.7. The molecular formula is C17H20ClFN2O4. The second kappa shape index (κ2) is 8.80. The van der Waals surface area contributed by atoms with Gasteiger partial charge in [-0.05, 0) is 31.0 Å². The normalized spacial score (nSPS) is 14.5. The van der Waals surface area contributed by atoms with Gasteiger partial charge in [-0.3, -0.25) is 14.4 Å². The molecule has 1 fully saturated rings. The molecule has 0 unspecified atom stereocenters. The van der Waals surface area contributed by atoms with Crippen molar-refractivity contribution in [1.29, 1.82) is 0 Å². The van der Waals surface area contributed by atoms with E-state index in [9.17, 15) is 18.8 Å². The molecule has 1 aromatic rings. The highest BCUT2D eigenvalue weighted by molar-refractivity contribution is 6.33. The maximum absolute atomic E-state index is 13.1. The van der Waals surface area contributed by atoms with Gasteiger partial charge in [-0.1, -0.05) is 11.6 Å². The third kappa shape index (κ3) is 5.42. The first-order valence-corrected chi connectivity index (χ1v) is 8.50. The van der Waals surface area contributed by atoms with Crippen molar-refractivity contribution in [2.45, 2.75) is 25.7 Å². The molecule has 0 aromatic heterocycles. The first kappa shape index (κ1) is 19.2. The highest BCUT2D eigenvalue weighted by Gasteiger charge is 2.25. The number of carboxylic acids is 1. The van der Waals surface area contributed by atoms with Crippen molar-refractivity contribution in [3.05, 3.63) is 34.6 Å². The quantitative estimate of drug-likeness (QED) is 0.780. The Bertz CT molecular complexity index is 660. The first-order valence-electron chi connectivity index (χ1n) is 8.12. The fourth-order valence-electron chi connectivity index (χ4n) is 2.70. The van der Waals surface area contributed by atoms with Crippen molar-refractivity contribution in [3.8, 4) is 0 Å².